The highest BCUT2D eigenvalue weighted by molar-refractivity contribution is 5.70. The molecule has 70 valence electrons. The molecule has 0 atom stereocenters. The van der Waals surface area contributed by atoms with Gasteiger partial charge in [-0.2, -0.15) is 0 Å². The molecule has 14 heavy (non-hydrogen) atoms. The molecule has 0 aliphatic rings. The van der Waals surface area contributed by atoms with Crippen LogP contribution >= 0.6 is 0 Å². The normalized spacial score (nSPS) is 10.1. The molecule has 0 aliphatic heterocycles. The first-order chi connectivity index (χ1) is 6.81. The lowest BCUT2D eigenvalue weighted by Gasteiger charge is -1.90. The summed E-state index contributed by atoms with van der Waals surface area (Å²) in [5.41, 5.74) is 0.663. The van der Waals surface area contributed by atoms with Gasteiger partial charge in [-0.1, -0.05) is 6.07 Å². The second-order valence-electron chi connectivity index (χ2n) is 2.75. The number of hydrogen-bond donors (Lipinski definition) is 0. The van der Waals surface area contributed by atoms with Gasteiger partial charge >= 0.3 is 0 Å². The first-order valence-corrected chi connectivity index (χ1v) is 4.09. The van der Waals surface area contributed by atoms with E-state index in [-0.39, 0.29) is 0 Å². The summed E-state index contributed by atoms with van der Waals surface area (Å²) < 4.78 is 1.43. The lowest BCUT2D eigenvalue weighted by Crippen LogP contribution is -1.96. The van der Waals surface area contributed by atoms with Crippen LogP contribution in [0.2, 0.25) is 0 Å². The average molecular weight is 188 g/mol. The smallest absolute Gasteiger partial charge is 0.200 e. The van der Waals surface area contributed by atoms with E-state index in [0.29, 0.717) is 23.6 Å². The molecule has 5 nitrogen and oxygen atoms in total. The number of rotatable bonds is 2. The highest BCUT2D eigenvalue weighted by Crippen LogP contribution is 2.10. The number of aldehydes is 1. The zero-order chi connectivity index (χ0) is 9.97. The van der Waals surface area contributed by atoms with Crippen LogP contribution in [0.3, 0.4) is 0 Å². The molecule has 0 N–H and O–H groups in total. The molecule has 0 spiro atoms. The second-order valence-corrected chi connectivity index (χ2v) is 2.75. The molecule has 5 heteroatoms. The fourth-order valence-electron chi connectivity index (χ4n) is 1.10. The number of hydrogen-bond acceptors (Lipinski definition) is 4. The van der Waals surface area contributed by atoms with Crippen molar-refractivity contribution in [1.82, 2.24) is 19.7 Å². The molecule has 0 bridgehead atoms. The minimum atomic E-state index is 0.297. The Hall–Kier alpha value is -2.04. The van der Waals surface area contributed by atoms with Crippen LogP contribution in [-0.2, 0) is 7.05 Å². The maximum Gasteiger partial charge on any atom is 0.200 e. The van der Waals surface area contributed by atoms with Crippen molar-refractivity contribution in [2.24, 2.45) is 7.05 Å². The quantitative estimate of drug-likeness (QED) is 0.650. The molecule has 0 radical (unpaired) electrons. The summed E-state index contributed by atoms with van der Waals surface area (Å²) in [5, 5.41) is 4.06. The van der Waals surface area contributed by atoms with Crippen molar-refractivity contribution in [3.05, 3.63) is 30.2 Å². The Kier molecular flexibility index (Phi) is 2.06. The Morgan fingerprint density at radius 2 is 2.29 bits per heavy atom. The third-order valence-electron chi connectivity index (χ3n) is 1.80. The minimum Gasteiger partial charge on any atom is -0.294 e. The summed E-state index contributed by atoms with van der Waals surface area (Å²) in [6.07, 6.45) is 2.33. The molecular formula is C9H8N4O. The number of carbonyl (C=O) groups is 1. The van der Waals surface area contributed by atoms with E-state index < -0.39 is 0 Å². The molecule has 0 amide bonds. The van der Waals surface area contributed by atoms with E-state index in [9.17, 15) is 4.79 Å². The van der Waals surface area contributed by atoms with Crippen LogP contribution in [0.15, 0.2) is 24.4 Å². The number of aryl methyl sites for hydroxylation is 1. The molecule has 0 fully saturated rings. The summed E-state index contributed by atoms with van der Waals surface area (Å²) in [5.74, 6) is 0.765. The molecule has 0 unspecified atom stereocenters. The van der Waals surface area contributed by atoms with Gasteiger partial charge in [-0.05, 0) is 12.1 Å². The van der Waals surface area contributed by atoms with Crippen LogP contribution in [0.1, 0.15) is 10.6 Å². The number of aromatic nitrogens is 4. The van der Waals surface area contributed by atoms with Crippen LogP contribution in [0.25, 0.3) is 11.5 Å². The van der Waals surface area contributed by atoms with Crippen LogP contribution < -0.4 is 0 Å². The fourth-order valence-corrected chi connectivity index (χ4v) is 1.10. The fraction of sp³-hybridized carbons (Fsp3) is 0.111. The van der Waals surface area contributed by atoms with E-state index in [0.717, 1.165) is 0 Å². The lowest BCUT2D eigenvalue weighted by molar-refractivity contribution is 0.111. The zero-order valence-electron chi connectivity index (χ0n) is 7.58. The summed E-state index contributed by atoms with van der Waals surface area (Å²) in [4.78, 5) is 18.6. The summed E-state index contributed by atoms with van der Waals surface area (Å²) in [7, 11) is 1.67. The first kappa shape index (κ1) is 8.55. The van der Waals surface area contributed by atoms with E-state index in [1.54, 1.807) is 19.3 Å². The highest BCUT2D eigenvalue weighted by Gasteiger charge is 2.08. The van der Waals surface area contributed by atoms with Crippen molar-refractivity contribution in [3.8, 4) is 11.5 Å². The van der Waals surface area contributed by atoms with Crippen LogP contribution in [-0.4, -0.2) is 26.0 Å². The van der Waals surface area contributed by atoms with Gasteiger partial charge in [0.1, 0.15) is 5.69 Å². The zero-order valence-corrected chi connectivity index (χ0v) is 7.58. The Morgan fingerprint density at radius 1 is 1.43 bits per heavy atom. The topological polar surface area (TPSA) is 60.7 Å². The van der Waals surface area contributed by atoms with E-state index in [4.69, 9.17) is 0 Å². The van der Waals surface area contributed by atoms with Gasteiger partial charge < -0.3 is 0 Å². The molecule has 2 aromatic rings. The molecule has 0 aromatic carbocycles. The van der Waals surface area contributed by atoms with Crippen molar-refractivity contribution in [2.45, 2.75) is 0 Å². The van der Waals surface area contributed by atoms with Gasteiger partial charge in [0.05, 0.1) is 0 Å². The molecule has 0 saturated carbocycles. The number of pyridine rings is 1. The minimum absolute atomic E-state index is 0.297. The molecule has 0 aliphatic carbocycles. The number of nitrogens with zero attached hydrogens (tertiary/aromatic N) is 4. The van der Waals surface area contributed by atoms with Crippen molar-refractivity contribution in [1.29, 1.82) is 0 Å². The van der Waals surface area contributed by atoms with Gasteiger partial charge in [0.25, 0.3) is 0 Å². The van der Waals surface area contributed by atoms with Gasteiger partial charge in [0, 0.05) is 13.2 Å². The lowest BCUT2D eigenvalue weighted by atomic mass is 10.3. The van der Waals surface area contributed by atoms with Crippen molar-refractivity contribution in [2.75, 3.05) is 0 Å². The van der Waals surface area contributed by atoms with Crippen LogP contribution in [0.4, 0.5) is 0 Å². The Balaban J connectivity index is 2.48. The Morgan fingerprint density at radius 3 is 2.86 bits per heavy atom. The SMILES string of the molecule is Cn1nc(-c2ccccn2)nc1C=O. The number of carbonyl (C=O) groups excluding carboxylic acids is 1. The molecule has 2 aromatic heterocycles. The monoisotopic (exact) mass is 188 g/mol. The van der Waals surface area contributed by atoms with Gasteiger partial charge in [-0.3, -0.25) is 9.78 Å². The molecular weight excluding hydrogens is 180 g/mol. The first-order valence-electron chi connectivity index (χ1n) is 4.09. The van der Waals surface area contributed by atoms with Crippen molar-refractivity contribution >= 4 is 6.29 Å². The molecule has 2 rings (SSSR count). The average Bonchev–Trinajstić information content (AvgIpc) is 2.61. The highest BCUT2D eigenvalue weighted by atomic mass is 16.1. The Labute approximate surface area is 80.4 Å². The van der Waals surface area contributed by atoms with Gasteiger partial charge in [-0.15, -0.1) is 5.10 Å². The van der Waals surface area contributed by atoms with Crippen LogP contribution in [0.5, 0.6) is 0 Å². The molecule has 2 heterocycles. The van der Waals surface area contributed by atoms with Gasteiger partial charge in [0.2, 0.25) is 0 Å². The van der Waals surface area contributed by atoms with E-state index >= 15 is 0 Å². The molecule has 0 saturated heterocycles. The third-order valence-corrected chi connectivity index (χ3v) is 1.80. The van der Waals surface area contributed by atoms with Gasteiger partial charge in [0.15, 0.2) is 17.9 Å². The summed E-state index contributed by atoms with van der Waals surface area (Å²) in [6, 6.07) is 5.45. The Bertz CT molecular complexity index is 449. The standard InChI is InChI=1S/C9H8N4O/c1-13-8(6-14)11-9(12-13)7-4-2-3-5-10-7/h2-6H,1H3. The van der Waals surface area contributed by atoms with Gasteiger partial charge in [-0.25, -0.2) is 9.67 Å². The van der Waals surface area contributed by atoms with E-state index in [2.05, 4.69) is 15.1 Å². The second kappa shape index (κ2) is 3.37. The van der Waals surface area contributed by atoms with Crippen molar-refractivity contribution in [3.63, 3.8) is 0 Å². The maximum atomic E-state index is 10.5. The van der Waals surface area contributed by atoms with Crippen LogP contribution in [0, 0.1) is 0 Å². The predicted octanol–water partition coefficient (Wildman–Crippen LogP) is 0.690. The largest absolute Gasteiger partial charge is 0.294 e. The van der Waals surface area contributed by atoms with E-state index in [1.165, 1.54) is 4.68 Å². The van der Waals surface area contributed by atoms with Crippen molar-refractivity contribution < 1.29 is 4.79 Å². The third kappa shape index (κ3) is 1.39. The maximum absolute atomic E-state index is 10.5. The summed E-state index contributed by atoms with van der Waals surface area (Å²) in [6.45, 7) is 0. The summed E-state index contributed by atoms with van der Waals surface area (Å²) >= 11 is 0. The predicted molar refractivity (Wildman–Crippen MR) is 49.6 cm³/mol. The van der Waals surface area contributed by atoms with E-state index in [1.807, 2.05) is 12.1 Å².